The lowest BCUT2D eigenvalue weighted by Crippen LogP contribution is -2.16. The topological polar surface area (TPSA) is 54.9 Å². The standard InChI is InChI=1S/C14H14ClN3O/c1-8-6-9(2)12(10(3)7-8)13(19)17-11-4-5-16-14(15)18-11/h4-7H,1-3H3,(H,16,17,18,19). The molecule has 0 saturated carbocycles. The summed E-state index contributed by atoms with van der Waals surface area (Å²) in [7, 11) is 0. The molecule has 0 unspecified atom stereocenters. The van der Waals surface area contributed by atoms with Gasteiger partial charge in [-0.15, -0.1) is 0 Å². The fraction of sp³-hybridized carbons (Fsp3) is 0.214. The largest absolute Gasteiger partial charge is 0.306 e. The van der Waals surface area contributed by atoms with E-state index in [9.17, 15) is 4.79 Å². The number of benzene rings is 1. The van der Waals surface area contributed by atoms with Crippen molar-refractivity contribution in [3.63, 3.8) is 0 Å². The number of amides is 1. The summed E-state index contributed by atoms with van der Waals surface area (Å²) < 4.78 is 0. The van der Waals surface area contributed by atoms with E-state index >= 15 is 0 Å². The second kappa shape index (κ2) is 5.36. The van der Waals surface area contributed by atoms with Crippen LogP contribution in [0.25, 0.3) is 0 Å². The van der Waals surface area contributed by atoms with Crippen molar-refractivity contribution in [3.05, 3.63) is 51.9 Å². The van der Waals surface area contributed by atoms with Gasteiger partial charge in [-0.1, -0.05) is 17.7 Å². The minimum Gasteiger partial charge on any atom is -0.306 e. The van der Waals surface area contributed by atoms with Crippen molar-refractivity contribution in [2.24, 2.45) is 0 Å². The van der Waals surface area contributed by atoms with E-state index in [-0.39, 0.29) is 11.2 Å². The van der Waals surface area contributed by atoms with Gasteiger partial charge in [-0.25, -0.2) is 9.97 Å². The van der Waals surface area contributed by atoms with Crippen molar-refractivity contribution < 1.29 is 4.79 Å². The lowest BCUT2D eigenvalue weighted by atomic mass is 9.99. The van der Waals surface area contributed by atoms with Gasteiger partial charge in [0.25, 0.3) is 5.91 Å². The molecule has 1 aromatic heterocycles. The highest BCUT2D eigenvalue weighted by Crippen LogP contribution is 2.18. The van der Waals surface area contributed by atoms with E-state index in [1.54, 1.807) is 6.07 Å². The van der Waals surface area contributed by atoms with E-state index < -0.39 is 0 Å². The maximum atomic E-state index is 12.3. The van der Waals surface area contributed by atoms with Crippen LogP contribution in [0, 0.1) is 20.8 Å². The molecule has 98 valence electrons. The number of nitrogens with zero attached hydrogens (tertiary/aromatic N) is 2. The van der Waals surface area contributed by atoms with Crippen LogP contribution < -0.4 is 5.32 Å². The Kier molecular flexibility index (Phi) is 3.81. The van der Waals surface area contributed by atoms with E-state index in [1.165, 1.54) is 6.20 Å². The summed E-state index contributed by atoms with van der Waals surface area (Å²) in [6.45, 7) is 5.84. The van der Waals surface area contributed by atoms with Crippen LogP contribution in [0.15, 0.2) is 24.4 Å². The van der Waals surface area contributed by atoms with Crippen LogP contribution in [0.2, 0.25) is 5.28 Å². The number of aromatic nitrogens is 2. The molecule has 0 fully saturated rings. The van der Waals surface area contributed by atoms with Crippen LogP contribution >= 0.6 is 11.6 Å². The molecule has 1 N–H and O–H groups in total. The molecule has 0 atom stereocenters. The second-order valence-electron chi connectivity index (χ2n) is 4.44. The highest BCUT2D eigenvalue weighted by molar-refractivity contribution is 6.28. The molecule has 0 aliphatic rings. The maximum absolute atomic E-state index is 12.3. The first kappa shape index (κ1) is 13.5. The third-order valence-electron chi connectivity index (χ3n) is 2.77. The number of hydrogen-bond donors (Lipinski definition) is 1. The van der Waals surface area contributed by atoms with Crippen LogP contribution in [0.3, 0.4) is 0 Å². The Labute approximate surface area is 116 Å². The number of carbonyl (C=O) groups is 1. The monoisotopic (exact) mass is 275 g/mol. The van der Waals surface area contributed by atoms with Crippen molar-refractivity contribution in [2.75, 3.05) is 5.32 Å². The van der Waals surface area contributed by atoms with Gasteiger partial charge in [-0.05, 0) is 49.6 Å². The molecule has 4 nitrogen and oxygen atoms in total. The van der Waals surface area contributed by atoms with E-state index in [4.69, 9.17) is 11.6 Å². The highest BCUT2D eigenvalue weighted by atomic mass is 35.5. The molecule has 1 amide bonds. The fourth-order valence-corrected chi connectivity index (χ4v) is 2.27. The van der Waals surface area contributed by atoms with Gasteiger partial charge in [0, 0.05) is 11.8 Å². The van der Waals surface area contributed by atoms with Gasteiger partial charge in [0.2, 0.25) is 5.28 Å². The van der Waals surface area contributed by atoms with E-state index in [1.807, 2.05) is 32.9 Å². The first-order valence-electron chi connectivity index (χ1n) is 5.85. The number of aryl methyl sites for hydroxylation is 3. The third-order valence-corrected chi connectivity index (χ3v) is 2.95. The molecule has 0 aliphatic heterocycles. The number of nitrogens with one attached hydrogen (secondary N) is 1. The van der Waals surface area contributed by atoms with Crippen LogP contribution in [0.1, 0.15) is 27.0 Å². The van der Waals surface area contributed by atoms with Crippen molar-refractivity contribution in [3.8, 4) is 0 Å². The molecular weight excluding hydrogens is 262 g/mol. The van der Waals surface area contributed by atoms with Gasteiger partial charge in [0.15, 0.2) is 0 Å². The Morgan fingerprint density at radius 2 is 1.84 bits per heavy atom. The molecule has 5 heteroatoms. The lowest BCUT2D eigenvalue weighted by molar-refractivity contribution is 0.102. The minimum absolute atomic E-state index is 0.107. The lowest BCUT2D eigenvalue weighted by Gasteiger charge is -2.11. The number of halogens is 1. The summed E-state index contributed by atoms with van der Waals surface area (Å²) in [4.78, 5) is 20.0. The van der Waals surface area contributed by atoms with E-state index in [0.29, 0.717) is 11.4 Å². The van der Waals surface area contributed by atoms with Gasteiger partial charge in [0.05, 0.1) is 0 Å². The van der Waals surface area contributed by atoms with Crippen molar-refractivity contribution in [1.29, 1.82) is 0 Å². The fourth-order valence-electron chi connectivity index (χ4n) is 2.12. The molecule has 0 saturated heterocycles. The zero-order valence-corrected chi connectivity index (χ0v) is 11.7. The zero-order chi connectivity index (χ0) is 14.0. The molecule has 0 radical (unpaired) electrons. The molecule has 0 bridgehead atoms. The Balaban J connectivity index is 2.31. The normalized spacial score (nSPS) is 10.3. The molecule has 0 spiro atoms. The van der Waals surface area contributed by atoms with E-state index in [0.717, 1.165) is 16.7 Å². The Bertz CT molecular complexity index is 617. The SMILES string of the molecule is Cc1cc(C)c(C(=O)Nc2ccnc(Cl)n2)c(C)c1. The summed E-state index contributed by atoms with van der Waals surface area (Å²) in [6, 6.07) is 5.56. The number of carbonyl (C=O) groups excluding carboxylic acids is 1. The van der Waals surface area contributed by atoms with E-state index in [2.05, 4.69) is 15.3 Å². The summed E-state index contributed by atoms with van der Waals surface area (Å²) in [5.41, 5.74) is 3.68. The van der Waals surface area contributed by atoms with Crippen molar-refractivity contribution in [2.45, 2.75) is 20.8 Å². The Morgan fingerprint density at radius 3 is 2.42 bits per heavy atom. The van der Waals surface area contributed by atoms with Gasteiger partial charge < -0.3 is 5.32 Å². The predicted molar refractivity (Wildman–Crippen MR) is 75.6 cm³/mol. The molecule has 1 aromatic carbocycles. The van der Waals surface area contributed by atoms with Gasteiger partial charge >= 0.3 is 0 Å². The predicted octanol–water partition coefficient (Wildman–Crippen LogP) is 3.31. The Hall–Kier alpha value is -1.94. The summed E-state index contributed by atoms with van der Waals surface area (Å²) >= 11 is 5.68. The molecule has 19 heavy (non-hydrogen) atoms. The van der Waals surface area contributed by atoms with Crippen molar-refractivity contribution >= 4 is 23.3 Å². The molecule has 2 rings (SSSR count). The van der Waals surface area contributed by atoms with Crippen LogP contribution in [-0.2, 0) is 0 Å². The quantitative estimate of drug-likeness (QED) is 0.856. The van der Waals surface area contributed by atoms with Crippen molar-refractivity contribution in [1.82, 2.24) is 9.97 Å². The van der Waals surface area contributed by atoms with Gasteiger partial charge in [-0.2, -0.15) is 0 Å². The number of anilines is 1. The van der Waals surface area contributed by atoms with Crippen LogP contribution in [0.4, 0.5) is 5.82 Å². The zero-order valence-electron chi connectivity index (χ0n) is 11.0. The molecule has 2 aromatic rings. The number of rotatable bonds is 2. The third kappa shape index (κ3) is 3.09. The second-order valence-corrected chi connectivity index (χ2v) is 4.78. The Morgan fingerprint density at radius 1 is 1.21 bits per heavy atom. The summed E-state index contributed by atoms with van der Waals surface area (Å²) in [5.74, 6) is 0.203. The molecule has 0 aliphatic carbocycles. The summed E-state index contributed by atoms with van der Waals surface area (Å²) in [5, 5.41) is 2.83. The van der Waals surface area contributed by atoms with Gasteiger partial charge in [-0.3, -0.25) is 4.79 Å². The maximum Gasteiger partial charge on any atom is 0.257 e. The summed E-state index contributed by atoms with van der Waals surface area (Å²) in [6.07, 6.45) is 1.50. The first-order chi connectivity index (χ1) is 8.97. The number of hydrogen-bond acceptors (Lipinski definition) is 3. The smallest absolute Gasteiger partial charge is 0.257 e. The molecule has 1 heterocycles. The van der Waals surface area contributed by atoms with Gasteiger partial charge in [0.1, 0.15) is 5.82 Å². The highest BCUT2D eigenvalue weighted by Gasteiger charge is 2.13. The molecular formula is C14H14ClN3O. The minimum atomic E-state index is -0.190. The first-order valence-corrected chi connectivity index (χ1v) is 6.23. The average molecular weight is 276 g/mol. The average Bonchev–Trinajstić information content (AvgIpc) is 2.27. The van der Waals surface area contributed by atoms with Crippen LogP contribution in [-0.4, -0.2) is 15.9 Å². The van der Waals surface area contributed by atoms with Crippen LogP contribution in [0.5, 0.6) is 0 Å².